The molecule has 0 aliphatic heterocycles. The molecule has 0 aromatic rings. The Kier molecular flexibility index (Phi) is 7.56. The van der Waals surface area contributed by atoms with Crippen LogP contribution in [-0.2, 0) is 28.6 Å². The predicted molar refractivity (Wildman–Crippen MR) is 95.6 cm³/mol. The Bertz CT molecular complexity index is 686. The third kappa shape index (κ3) is 6.43. The molecule has 1 atom stereocenters. The van der Waals surface area contributed by atoms with E-state index < -0.39 is 35.2 Å². The average Bonchev–Trinajstić information content (AvgIpc) is 2.55. The Morgan fingerprint density at radius 3 is 2.30 bits per heavy atom. The quantitative estimate of drug-likeness (QED) is 0.630. The van der Waals surface area contributed by atoms with Crippen LogP contribution in [0.15, 0.2) is 23.2 Å². The van der Waals surface area contributed by atoms with Gasteiger partial charge >= 0.3 is 6.09 Å². The zero-order chi connectivity index (χ0) is 20.8. The fraction of sp³-hybridized carbons (Fsp3) is 0.556. The van der Waals surface area contributed by atoms with Crippen molar-refractivity contribution in [1.82, 2.24) is 10.6 Å². The largest absolute Gasteiger partial charge is 0.493 e. The second-order valence-corrected chi connectivity index (χ2v) is 6.83. The van der Waals surface area contributed by atoms with Crippen molar-refractivity contribution in [3.8, 4) is 0 Å². The summed E-state index contributed by atoms with van der Waals surface area (Å²) in [6, 6.07) is -0.839. The lowest BCUT2D eigenvalue weighted by Gasteiger charge is -2.22. The molecular formula is C18H26N2O7. The molecule has 0 fully saturated rings. The third-order valence-electron chi connectivity index (χ3n) is 3.48. The first-order chi connectivity index (χ1) is 12.5. The highest BCUT2D eigenvalue weighted by Crippen LogP contribution is 2.22. The van der Waals surface area contributed by atoms with Crippen LogP contribution < -0.4 is 10.6 Å². The summed E-state index contributed by atoms with van der Waals surface area (Å²) in [5, 5.41) is 5.00. The van der Waals surface area contributed by atoms with Crippen LogP contribution >= 0.6 is 0 Å². The van der Waals surface area contributed by atoms with Gasteiger partial charge in [0.05, 0.1) is 19.8 Å². The number of ketones is 2. The van der Waals surface area contributed by atoms with Crippen LogP contribution in [-0.4, -0.2) is 56.0 Å². The summed E-state index contributed by atoms with van der Waals surface area (Å²) in [5.74, 6) is -1.56. The maximum absolute atomic E-state index is 12.3. The first-order valence-electron chi connectivity index (χ1n) is 8.39. The highest BCUT2D eigenvalue weighted by Gasteiger charge is 2.30. The number of Topliss-reactive ketones (excluding diaryl/α,β-unsaturated/α-hetero) is 1. The van der Waals surface area contributed by atoms with Crippen molar-refractivity contribution in [3.05, 3.63) is 23.2 Å². The van der Waals surface area contributed by atoms with Crippen LogP contribution in [0.5, 0.6) is 0 Å². The molecule has 0 spiro atoms. The lowest BCUT2D eigenvalue weighted by molar-refractivity contribution is -0.123. The number of nitrogens with one attached hydrogen (secondary N) is 2. The molecule has 2 N–H and O–H groups in total. The van der Waals surface area contributed by atoms with E-state index in [9.17, 15) is 19.2 Å². The second kappa shape index (κ2) is 9.20. The van der Waals surface area contributed by atoms with E-state index in [0.29, 0.717) is 0 Å². The summed E-state index contributed by atoms with van der Waals surface area (Å²) in [6.45, 7) is 6.70. The van der Waals surface area contributed by atoms with E-state index in [-0.39, 0.29) is 30.1 Å². The summed E-state index contributed by atoms with van der Waals surface area (Å²) in [7, 11) is 2.58. The van der Waals surface area contributed by atoms with Gasteiger partial charge in [0, 0.05) is 12.6 Å². The number of methoxy groups -OCH3 is 2. The number of carbonyl (C=O) groups excluding carboxylic acids is 4. The van der Waals surface area contributed by atoms with Gasteiger partial charge in [0.2, 0.25) is 17.5 Å². The fourth-order valence-electron chi connectivity index (χ4n) is 2.27. The monoisotopic (exact) mass is 382 g/mol. The molecule has 0 saturated heterocycles. The predicted octanol–water partition coefficient (Wildman–Crippen LogP) is 0.988. The summed E-state index contributed by atoms with van der Waals surface area (Å²) in [4.78, 5) is 48.0. The minimum absolute atomic E-state index is 0.0668. The van der Waals surface area contributed by atoms with Gasteiger partial charge < -0.3 is 24.8 Å². The van der Waals surface area contributed by atoms with E-state index in [1.165, 1.54) is 21.1 Å². The normalized spacial score (nSPS) is 15.7. The zero-order valence-electron chi connectivity index (χ0n) is 16.4. The van der Waals surface area contributed by atoms with E-state index in [4.69, 9.17) is 14.2 Å². The maximum atomic E-state index is 12.3. The van der Waals surface area contributed by atoms with Gasteiger partial charge in [0.15, 0.2) is 11.5 Å². The van der Waals surface area contributed by atoms with Gasteiger partial charge in [-0.25, -0.2) is 4.79 Å². The molecule has 0 radical (unpaired) electrons. The number of ether oxygens (including phenoxy) is 3. The second-order valence-electron chi connectivity index (χ2n) is 6.83. The number of hydrogen-bond donors (Lipinski definition) is 2. The number of rotatable bonds is 7. The van der Waals surface area contributed by atoms with Gasteiger partial charge in [-0.2, -0.15) is 0 Å². The van der Waals surface area contributed by atoms with Crippen molar-refractivity contribution in [2.24, 2.45) is 0 Å². The minimum Gasteiger partial charge on any atom is -0.493 e. The van der Waals surface area contributed by atoms with Crippen LogP contribution in [0, 0.1) is 0 Å². The molecule has 0 aromatic carbocycles. The molecule has 9 nitrogen and oxygen atoms in total. The van der Waals surface area contributed by atoms with Crippen molar-refractivity contribution in [2.75, 3.05) is 20.8 Å². The van der Waals surface area contributed by atoms with E-state index in [0.717, 1.165) is 6.08 Å². The summed E-state index contributed by atoms with van der Waals surface area (Å²) in [5.41, 5.74) is -0.557. The van der Waals surface area contributed by atoms with E-state index in [2.05, 4.69) is 10.6 Å². The Hall–Kier alpha value is -2.84. The summed E-state index contributed by atoms with van der Waals surface area (Å²) >= 11 is 0. The van der Waals surface area contributed by atoms with Gasteiger partial charge in [-0.3, -0.25) is 14.4 Å². The molecule has 150 valence electrons. The lowest BCUT2D eigenvalue weighted by Crippen LogP contribution is -2.46. The molecule has 2 amide bonds. The van der Waals surface area contributed by atoms with Gasteiger partial charge in [0.1, 0.15) is 11.6 Å². The first-order valence-corrected chi connectivity index (χ1v) is 8.39. The molecule has 1 rings (SSSR count). The standard InChI is InChI=1S/C18H26N2O7/c1-10(20-17(24)27-18(2,3)4)16(23)19-8-7-11-14(22)13(25-5)9-12(21)15(11)26-6/h9-10H,7-8H2,1-6H3,(H,19,23)(H,20,24)/t10-/m0/s1. The van der Waals surface area contributed by atoms with Gasteiger partial charge in [0.25, 0.3) is 0 Å². The molecule has 27 heavy (non-hydrogen) atoms. The Morgan fingerprint density at radius 1 is 1.15 bits per heavy atom. The topological polar surface area (TPSA) is 120 Å². The van der Waals surface area contributed by atoms with Crippen LogP contribution in [0.3, 0.4) is 0 Å². The van der Waals surface area contributed by atoms with Gasteiger partial charge in [-0.15, -0.1) is 0 Å². The number of allylic oxidation sites excluding steroid dienone is 2. The van der Waals surface area contributed by atoms with E-state index in [1.807, 2.05) is 0 Å². The molecule has 0 unspecified atom stereocenters. The molecule has 0 heterocycles. The third-order valence-corrected chi connectivity index (χ3v) is 3.48. The highest BCUT2D eigenvalue weighted by atomic mass is 16.6. The fourth-order valence-corrected chi connectivity index (χ4v) is 2.27. The summed E-state index contributed by atoms with van der Waals surface area (Å²) < 4.78 is 15.0. The van der Waals surface area contributed by atoms with Crippen LogP contribution in [0.4, 0.5) is 4.79 Å². The molecule has 1 aliphatic rings. The van der Waals surface area contributed by atoms with Crippen molar-refractivity contribution in [3.63, 3.8) is 0 Å². The summed E-state index contributed by atoms with van der Waals surface area (Å²) in [6.07, 6.45) is 0.424. The van der Waals surface area contributed by atoms with Crippen LogP contribution in [0.1, 0.15) is 34.1 Å². The number of hydrogen-bond acceptors (Lipinski definition) is 7. The number of carbonyl (C=O) groups is 4. The minimum atomic E-state index is -0.839. The van der Waals surface area contributed by atoms with Crippen molar-refractivity contribution in [1.29, 1.82) is 0 Å². The SMILES string of the molecule is COC1=CC(=O)C(OC)=C(CCNC(=O)[C@H](C)NC(=O)OC(C)(C)C)C1=O. The molecule has 9 heteroatoms. The van der Waals surface area contributed by atoms with Crippen molar-refractivity contribution >= 4 is 23.6 Å². The van der Waals surface area contributed by atoms with Crippen LogP contribution in [0.2, 0.25) is 0 Å². The highest BCUT2D eigenvalue weighted by molar-refractivity contribution is 6.21. The molecule has 0 aromatic heterocycles. The van der Waals surface area contributed by atoms with Crippen molar-refractivity contribution < 1.29 is 33.4 Å². The van der Waals surface area contributed by atoms with E-state index in [1.54, 1.807) is 20.8 Å². The molecule has 1 aliphatic carbocycles. The maximum Gasteiger partial charge on any atom is 0.408 e. The van der Waals surface area contributed by atoms with Gasteiger partial charge in [-0.1, -0.05) is 0 Å². The van der Waals surface area contributed by atoms with Crippen LogP contribution in [0.25, 0.3) is 0 Å². The molecule has 0 saturated carbocycles. The Balaban J connectivity index is 2.62. The number of amides is 2. The zero-order valence-corrected chi connectivity index (χ0v) is 16.4. The van der Waals surface area contributed by atoms with Gasteiger partial charge in [-0.05, 0) is 34.1 Å². The average molecular weight is 382 g/mol. The lowest BCUT2D eigenvalue weighted by atomic mass is 9.97. The van der Waals surface area contributed by atoms with Crippen molar-refractivity contribution in [2.45, 2.75) is 45.8 Å². The van der Waals surface area contributed by atoms with E-state index >= 15 is 0 Å². The Morgan fingerprint density at radius 2 is 1.78 bits per heavy atom. The smallest absolute Gasteiger partial charge is 0.408 e. The number of alkyl carbamates (subject to hydrolysis) is 1. The molecular weight excluding hydrogens is 356 g/mol. The Labute approximate surface area is 158 Å². The first kappa shape index (κ1) is 22.2. The molecule has 0 bridgehead atoms.